The van der Waals surface area contributed by atoms with Crippen molar-refractivity contribution in [2.24, 2.45) is 0 Å². The first-order valence-corrected chi connectivity index (χ1v) is 6.76. The van der Waals surface area contributed by atoms with Gasteiger partial charge in [-0.2, -0.15) is 0 Å². The Balaban J connectivity index is 2.08. The molecule has 2 fully saturated rings. The van der Waals surface area contributed by atoms with Gasteiger partial charge in [0.15, 0.2) is 0 Å². The third-order valence-corrected chi connectivity index (χ3v) is 4.68. The van der Waals surface area contributed by atoms with Crippen LogP contribution < -0.4 is 0 Å². The van der Waals surface area contributed by atoms with Crippen LogP contribution in [0, 0.1) is 0 Å². The van der Waals surface area contributed by atoms with E-state index in [0.29, 0.717) is 11.9 Å². The van der Waals surface area contributed by atoms with Gasteiger partial charge in [0.2, 0.25) is 0 Å². The Morgan fingerprint density at radius 1 is 1.00 bits per heavy atom. The van der Waals surface area contributed by atoms with E-state index in [-0.39, 0.29) is 18.3 Å². The summed E-state index contributed by atoms with van der Waals surface area (Å²) in [4.78, 5) is 0. The first-order chi connectivity index (χ1) is 7.87. The second-order valence-corrected chi connectivity index (χ2v) is 6.35. The van der Waals surface area contributed by atoms with Gasteiger partial charge in [0.05, 0.1) is 17.3 Å². The lowest BCUT2D eigenvalue weighted by Gasteiger charge is -2.32. The highest BCUT2D eigenvalue weighted by atomic mass is 16.7. The van der Waals surface area contributed by atoms with Gasteiger partial charge in [0.25, 0.3) is 0 Å². The van der Waals surface area contributed by atoms with Gasteiger partial charge in [-0.1, -0.05) is 12.8 Å². The second kappa shape index (κ2) is 4.56. The van der Waals surface area contributed by atoms with Crippen molar-refractivity contribution in [2.45, 2.75) is 76.5 Å². The quantitative estimate of drug-likeness (QED) is 0.694. The van der Waals surface area contributed by atoms with Gasteiger partial charge in [0, 0.05) is 12.9 Å². The summed E-state index contributed by atoms with van der Waals surface area (Å²) in [6, 6.07) is 0. The predicted octanol–water partition coefficient (Wildman–Crippen LogP) is 3.04. The fourth-order valence-electron chi connectivity index (χ4n) is 2.79. The van der Waals surface area contributed by atoms with Gasteiger partial charge in [-0.25, -0.2) is 0 Å². The first-order valence-electron chi connectivity index (χ1n) is 6.76. The summed E-state index contributed by atoms with van der Waals surface area (Å²) < 4.78 is 17.9. The van der Waals surface area contributed by atoms with Gasteiger partial charge in [-0.05, 0) is 40.5 Å². The van der Waals surface area contributed by atoms with Crippen molar-refractivity contribution in [3.63, 3.8) is 0 Å². The summed E-state index contributed by atoms with van der Waals surface area (Å²) in [6.45, 7) is 8.44. The Kier molecular flexibility index (Phi) is 3.59. The third-order valence-electron chi connectivity index (χ3n) is 4.68. The molecule has 2 unspecified atom stereocenters. The molecule has 1 saturated carbocycles. The minimum atomic E-state index is -0.229. The Labute approximate surface area is 105 Å². The van der Waals surface area contributed by atoms with Gasteiger partial charge in [-0.15, -0.1) is 0 Å². The number of methoxy groups -OCH3 is 1. The van der Waals surface area contributed by atoms with Crippen molar-refractivity contribution in [1.82, 2.24) is 0 Å². The predicted molar refractivity (Wildman–Crippen MR) is 69.1 cm³/mol. The zero-order valence-electron chi connectivity index (χ0n) is 11.8. The van der Waals surface area contributed by atoms with Crippen LogP contribution in [0.5, 0.6) is 0 Å². The minimum absolute atomic E-state index is 0.106. The highest BCUT2D eigenvalue weighted by Crippen LogP contribution is 2.44. The van der Waals surface area contributed by atoms with E-state index in [1.54, 1.807) is 7.11 Å². The van der Waals surface area contributed by atoms with E-state index in [4.69, 9.17) is 14.0 Å². The fraction of sp³-hybridized carbons (Fsp3) is 1.00. The molecule has 2 rings (SSSR count). The maximum absolute atomic E-state index is 6.13. The van der Waals surface area contributed by atoms with Gasteiger partial charge in [0.1, 0.15) is 0 Å². The van der Waals surface area contributed by atoms with Gasteiger partial charge in [-0.3, -0.25) is 0 Å². The molecule has 2 atom stereocenters. The first kappa shape index (κ1) is 13.4. The molecule has 0 N–H and O–H groups in total. The Morgan fingerprint density at radius 2 is 1.53 bits per heavy atom. The highest BCUT2D eigenvalue weighted by Gasteiger charge is 2.55. The van der Waals surface area contributed by atoms with Crippen molar-refractivity contribution < 1.29 is 14.0 Å². The van der Waals surface area contributed by atoms with Crippen LogP contribution in [0.2, 0.25) is 5.82 Å². The topological polar surface area (TPSA) is 27.7 Å². The SMILES string of the molecule is COC1CCCCC1B1OC(C)(C)C(C)(C)O1. The lowest BCUT2D eigenvalue weighted by atomic mass is 9.63. The molecular formula is C13H25BO3. The maximum atomic E-state index is 6.13. The van der Waals surface area contributed by atoms with E-state index < -0.39 is 0 Å². The molecule has 1 saturated heterocycles. The average Bonchev–Trinajstić information content (AvgIpc) is 2.48. The van der Waals surface area contributed by atoms with Crippen molar-refractivity contribution in [3.8, 4) is 0 Å². The zero-order valence-corrected chi connectivity index (χ0v) is 11.8. The van der Waals surface area contributed by atoms with E-state index in [0.717, 1.165) is 12.8 Å². The van der Waals surface area contributed by atoms with Crippen molar-refractivity contribution >= 4 is 7.12 Å². The van der Waals surface area contributed by atoms with Crippen LogP contribution >= 0.6 is 0 Å². The third kappa shape index (κ3) is 2.40. The van der Waals surface area contributed by atoms with Gasteiger partial charge < -0.3 is 14.0 Å². The highest BCUT2D eigenvalue weighted by molar-refractivity contribution is 6.47. The lowest BCUT2D eigenvalue weighted by molar-refractivity contribution is 0.00578. The molecule has 98 valence electrons. The summed E-state index contributed by atoms with van der Waals surface area (Å²) in [5.41, 5.74) is -0.458. The van der Waals surface area contributed by atoms with Crippen LogP contribution in [-0.2, 0) is 14.0 Å². The Bertz CT molecular complexity index is 262. The zero-order chi connectivity index (χ0) is 12.7. The molecule has 3 nitrogen and oxygen atoms in total. The molecule has 0 spiro atoms. The minimum Gasteiger partial charge on any atom is -0.403 e. The maximum Gasteiger partial charge on any atom is 0.463 e. The number of hydrogen-bond donors (Lipinski definition) is 0. The summed E-state index contributed by atoms with van der Waals surface area (Å²) in [5, 5.41) is 0. The number of rotatable bonds is 2. The molecule has 17 heavy (non-hydrogen) atoms. The van der Waals surface area contributed by atoms with E-state index in [9.17, 15) is 0 Å². The molecule has 2 aliphatic rings. The second-order valence-electron chi connectivity index (χ2n) is 6.35. The Morgan fingerprint density at radius 3 is 2.06 bits per heavy atom. The van der Waals surface area contributed by atoms with E-state index >= 15 is 0 Å². The summed E-state index contributed by atoms with van der Waals surface area (Å²) in [6.07, 6.45) is 5.09. The van der Waals surface area contributed by atoms with Crippen molar-refractivity contribution in [2.75, 3.05) is 7.11 Å². The summed E-state index contributed by atoms with van der Waals surface area (Å²) >= 11 is 0. The molecule has 0 bridgehead atoms. The van der Waals surface area contributed by atoms with Crippen molar-refractivity contribution in [3.05, 3.63) is 0 Å². The van der Waals surface area contributed by atoms with Crippen LogP contribution in [0.25, 0.3) is 0 Å². The van der Waals surface area contributed by atoms with Gasteiger partial charge >= 0.3 is 7.12 Å². The molecule has 0 amide bonds. The van der Waals surface area contributed by atoms with Crippen LogP contribution in [0.15, 0.2) is 0 Å². The van der Waals surface area contributed by atoms with E-state index in [1.807, 2.05) is 0 Å². The lowest BCUT2D eigenvalue weighted by Crippen LogP contribution is -2.41. The molecule has 1 heterocycles. The molecule has 0 radical (unpaired) electrons. The van der Waals surface area contributed by atoms with E-state index in [2.05, 4.69) is 27.7 Å². The van der Waals surface area contributed by atoms with Crippen LogP contribution in [0.1, 0.15) is 53.4 Å². The molecule has 0 aromatic carbocycles. The monoisotopic (exact) mass is 240 g/mol. The molecule has 1 aliphatic heterocycles. The standard InChI is InChI=1S/C13H25BO3/c1-12(2)13(3,4)17-14(16-12)10-8-6-7-9-11(10)15-5/h10-11H,6-9H2,1-5H3. The number of ether oxygens (including phenoxy) is 1. The molecule has 0 aromatic rings. The normalized spacial score (nSPS) is 36.2. The van der Waals surface area contributed by atoms with E-state index in [1.165, 1.54) is 12.8 Å². The average molecular weight is 240 g/mol. The Hall–Kier alpha value is -0.0551. The van der Waals surface area contributed by atoms with Crippen LogP contribution in [-0.4, -0.2) is 31.5 Å². The molecule has 0 aromatic heterocycles. The van der Waals surface area contributed by atoms with Crippen molar-refractivity contribution in [1.29, 1.82) is 0 Å². The molecule has 1 aliphatic carbocycles. The summed E-state index contributed by atoms with van der Waals surface area (Å²) in [5.74, 6) is 0.384. The largest absolute Gasteiger partial charge is 0.463 e. The van der Waals surface area contributed by atoms with Crippen LogP contribution in [0.3, 0.4) is 0 Å². The molecule has 4 heteroatoms. The smallest absolute Gasteiger partial charge is 0.403 e. The van der Waals surface area contributed by atoms with Crippen LogP contribution in [0.4, 0.5) is 0 Å². The molecular weight excluding hydrogens is 215 g/mol. The fourth-order valence-corrected chi connectivity index (χ4v) is 2.79. The number of hydrogen-bond acceptors (Lipinski definition) is 3. The summed E-state index contributed by atoms with van der Waals surface area (Å²) in [7, 11) is 1.69.